The second-order valence-electron chi connectivity index (χ2n) is 17.1. The molecule has 76 heavy (non-hydrogen) atoms. The van der Waals surface area contributed by atoms with E-state index in [4.69, 9.17) is 49.5 Å². The zero-order chi connectivity index (χ0) is 53.4. The highest BCUT2D eigenvalue weighted by atomic mass is 35.5. The van der Waals surface area contributed by atoms with Crippen LogP contribution in [0.3, 0.4) is 0 Å². The number of rotatable bonds is 21. The second-order valence-corrected chi connectivity index (χ2v) is 17.5. The summed E-state index contributed by atoms with van der Waals surface area (Å²) in [7, 11) is 6.29. The SMILES string of the molecule is COc1cc2c(Nc3cccc(Oc4ccccc4OC)c3)c(C#N)cnc2cc1OCCCCl.COc1cc2c(Nc3cccc(Oc4ccccc4OC)c3)c(C#N)cnc2cc1OCCCN1CCC(F)(F)C1. The fourth-order valence-electron chi connectivity index (χ4n) is 8.31. The molecule has 1 saturated heterocycles. The topological polar surface area (TPSA) is 175 Å². The van der Waals surface area contributed by atoms with Gasteiger partial charge < -0.3 is 48.5 Å². The molecule has 1 fully saturated rings. The van der Waals surface area contributed by atoms with Crippen molar-refractivity contribution in [2.24, 2.45) is 0 Å². The highest BCUT2D eigenvalue weighted by Crippen LogP contribution is 2.41. The van der Waals surface area contributed by atoms with E-state index < -0.39 is 5.92 Å². The maximum absolute atomic E-state index is 13.4. The van der Waals surface area contributed by atoms with Crippen LogP contribution in [-0.2, 0) is 0 Å². The first-order chi connectivity index (χ1) is 37.0. The average molecular weight is 1050 g/mol. The summed E-state index contributed by atoms with van der Waals surface area (Å²) in [6, 6.07) is 41.2. The number of ether oxygens (including phenoxy) is 8. The number of halogens is 3. The number of likely N-dealkylation sites (tertiary alicyclic amines) is 1. The van der Waals surface area contributed by atoms with Crippen molar-refractivity contribution in [3.63, 3.8) is 0 Å². The molecule has 0 aliphatic carbocycles. The molecule has 8 aromatic rings. The number of hydrogen-bond acceptors (Lipinski definition) is 15. The molecule has 15 nitrogen and oxygen atoms in total. The molecule has 0 bridgehead atoms. The maximum atomic E-state index is 13.4. The molecule has 9 rings (SSSR count). The van der Waals surface area contributed by atoms with Crippen molar-refractivity contribution in [2.45, 2.75) is 25.2 Å². The van der Waals surface area contributed by atoms with Gasteiger partial charge in [0.2, 0.25) is 0 Å². The van der Waals surface area contributed by atoms with E-state index in [1.165, 1.54) is 19.5 Å². The van der Waals surface area contributed by atoms with E-state index in [1.807, 2.05) is 103 Å². The minimum Gasteiger partial charge on any atom is -0.493 e. The Labute approximate surface area is 444 Å². The van der Waals surface area contributed by atoms with Gasteiger partial charge in [-0.05, 0) is 73.5 Å². The van der Waals surface area contributed by atoms with Crippen molar-refractivity contribution < 1.29 is 46.7 Å². The summed E-state index contributed by atoms with van der Waals surface area (Å²) < 4.78 is 72.6. The van der Waals surface area contributed by atoms with Crippen LogP contribution in [0.5, 0.6) is 57.5 Å². The number of nitrogens with one attached hydrogen (secondary N) is 2. The summed E-state index contributed by atoms with van der Waals surface area (Å²) in [6.45, 7) is 1.52. The van der Waals surface area contributed by atoms with Crippen LogP contribution in [0, 0.1) is 22.7 Å². The van der Waals surface area contributed by atoms with Crippen molar-refractivity contribution >= 4 is 56.2 Å². The van der Waals surface area contributed by atoms with Gasteiger partial charge in [-0.1, -0.05) is 36.4 Å². The first-order valence-corrected chi connectivity index (χ1v) is 24.7. The fraction of sp³-hybridized carbons (Fsp3) is 0.241. The summed E-state index contributed by atoms with van der Waals surface area (Å²) in [5.74, 6) is 3.60. The quantitative estimate of drug-likeness (QED) is 0.0513. The van der Waals surface area contributed by atoms with E-state index in [1.54, 1.807) is 44.4 Å². The van der Waals surface area contributed by atoms with Gasteiger partial charge in [0.1, 0.15) is 23.6 Å². The number of nitrogens with zero attached hydrogens (tertiary/aromatic N) is 5. The minimum atomic E-state index is -2.61. The molecule has 6 aromatic carbocycles. The second kappa shape index (κ2) is 25.4. The average Bonchev–Trinajstić information content (AvgIpc) is 3.80. The van der Waals surface area contributed by atoms with Gasteiger partial charge in [-0.2, -0.15) is 10.5 Å². The van der Waals surface area contributed by atoms with Gasteiger partial charge in [0.15, 0.2) is 46.0 Å². The molecule has 2 aromatic heterocycles. The van der Waals surface area contributed by atoms with Crippen LogP contribution < -0.4 is 48.5 Å². The van der Waals surface area contributed by atoms with Crippen molar-refractivity contribution in [1.29, 1.82) is 10.5 Å². The van der Waals surface area contributed by atoms with Gasteiger partial charge in [0, 0.05) is 84.2 Å². The van der Waals surface area contributed by atoms with Crippen LogP contribution in [-0.4, -0.2) is 88.0 Å². The highest BCUT2D eigenvalue weighted by Gasteiger charge is 2.37. The highest BCUT2D eigenvalue weighted by molar-refractivity contribution is 6.17. The Balaban J connectivity index is 0.000000204. The number of pyridine rings is 2. The smallest absolute Gasteiger partial charge is 0.261 e. The van der Waals surface area contributed by atoms with Gasteiger partial charge in [-0.25, -0.2) is 8.78 Å². The predicted molar refractivity (Wildman–Crippen MR) is 289 cm³/mol. The number of anilines is 4. The van der Waals surface area contributed by atoms with Crippen LogP contribution in [0.2, 0.25) is 0 Å². The Hall–Kier alpha value is -8.77. The van der Waals surface area contributed by atoms with Gasteiger partial charge in [-0.15, -0.1) is 11.6 Å². The zero-order valence-corrected chi connectivity index (χ0v) is 43.0. The normalized spacial score (nSPS) is 12.6. The molecule has 0 saturated carbocycles. The van der Waals surface area contributed by atoms with E-state index in [-0.39, 0.29) is 13.0 Å². The lowest BCUT2D eigenvalue weighted by Gasteiger charge is -2.17. The molecule has 2 N–H and O–H groups in total. The summed E-state index contributed by atoms with van der Waals surface area (Å²) in [4.78, 5) is 10.7. The summed E-state index contributed by atoms with van der Waals surface area (Å²) in [5.41, 5.74) is 4.62. The first kappa shape index (κ1) is 53.5. The molecular weight excluding hydrogens is 996 g/mol. The van der Waals surface area contributed by atoms with Gasteiger partial charge in [-0.3, -0.25) is 14.9 Å². The van der Waals surface area contributed by atoms with Crippen LogP contribution in [0.1, 0.15) is 30.4 Å². The predicted octanol–water partition coefficient (Wildman–Crippen LogP) is 13.4. The number of aromatic nitrogens is 2. The Morgan fingerprint density at radius 2 is 1.04 bits per heavy atom. The molecule has 0 radical (unpaired) electrons. The Bertz CT molecular complexity index is 3390. The number of alkyl halides is 3. The lowest BCUT2D eigenvalue weighted by atomic mass is 10.1. The molecule has 18 heteroatoms. The van der Waals surface area contributed by atoms with Crippen molar-refractivity contribution in [3.05, 3.63) is 145 Å². The maximum Gasteiger partial charge on any atom is 0.261 e. The molecule has 0 spiro atoms. The fourth-order valence-corrected chi connectivity index (χ4v) is 8.42. The molecule has 1 aliphatic heterocycles. The van der Waals surface area contributed by atoms with E-state index in [0.717, 1.165) is 11.1 Å². The summed E-state index contributed by atoms with van der Waals surface area (Å²) in [6.07, 6.45) is 4.25. The first-order valence-electron chi connectivity index (χ1n) is 24.1. The van der Waals surface area contributed by atoms with E-state index in [9.17, 15) is 19.3 Å². The molecule has 0 amide bonds. The van der Waals surface area contributed by atoms with Gasteiger partial charge >= 0.3 is 0 Å². The van der Waals surface area contributed by atoms with E-state index in [0.29, 0.717) is 147 Å². The zero-order valence-electron chi connectivity index (χ0n) is 42.2. The Kier molecular flexibility index (Phi) is 17.9. The van der Waals surface area contributed by atoms with E-state index in [2.05, 4.69) is 32.7 Å². The third-order valence-corrected chi connectivity index (χ3v) is 12.3. The summed E-state index contributed by atoms with van der Waals surface area (Å²) >= 11 is 5.76. The molecule has 0 unspecified atom stereocenters. The Morgan fingerprint density at radius 1 is 0.579 bits per heavy atom. The lowest BCUT2D eigenvalue weighted by molar-refractivity contribution is 0.0118. The monoisotopic (exact) mass is 1050 g/mol. The molecule has 390 valence electrons. The largest absolute Gasteiger partial charge is 0.493 e. The van der Waals surface area contributed by atoms with Crippen LogP contribution in [0.25, 0.3) is 21.8 Å². The Morgan fingerprint density at radius 3 is 1.46 bits per heavy atom. The summed E-state index contributed by atoms with van der Waals surface area (Å²) in [5, 5.41) is 27.7. The standard InChI is InChI=1S/C31H30F2N4O4.C27H24ClN3O4/c1-38-26-9-3-4-10-27(26)41-23-8-5-7-22(15-23)36-30-21(18-34)19-35-25-17-29(28(39-2)16-24(25)30)40-14-6-12-37-13-11-31(32,33)20-37;1-32-23-9-3-4-10-24(23)35-20-8-5-7-19(13-20)31-27-18(16-29)17-30-22-15-26(34-12-6-11-28)25(33-2)14-21(22)27/h3-5,7-10,15-17,19H,6,11-14,20H2,1-2H3,(H,35,36);3-5,7-10,13-15,17H,6,11-12H2,1-2H3,(H,30,31). The van der Waals surface area contributed by atoms with Crippen LogP contribution in [0.15, 0.2) is 134 Å². The van der Waals surface area contributed by atoms with E-state index >= 15 is 0 Å². The number of benzene rings is 6. The van der Waals surface area contributed by atoms with Crippen molar-refractivity contribution in [2.75, 3.05) is 77.8 Å². The molecule has 1 aliphatic rings. The van der Waals surface area contributed by atoms with Gasteiger partial charge in [0.05, 0.1) is 81.7 Å². The lowest BCUT2D eigenvalue weighted by Crippen LogP contribution is -2.27. The molecule has 0 atom stereocenters. The number of fused-ring (bicyclic) bond motifs is 2. The van der Waals surface area contributed by atoms with Crippen LogP contribution in [0.4, 0.5) is 31.5 Å². The number of hydrogen-bond donors (Lipinski definition) is 2. The number of methoxy groups -OCH3 is 4. The number of nitriles is 2. The van der Waals surface area contributed by atoms with Crippen LogP contribution >= 0.6 is 11.6 Å². The van der Waals surface area contributed by atoms with Crippen molar-refractivity contribution in [1.82, 2.24) is 14.9 Å². The third kappa shape index (κ3) is 13.3. The molecule has 3 heterocycles. The molecular formula is C58H54ClF2N7O8. The van der Waals surface area contributed by atoms with Gasteiger partial charge in [0.25, 0.3) is 5.92 Å². The third-order valence-electron chi connectivity index (χ3n) is 12.0. The minimum absolute atomic E-state index is 0.0990. The van der Waals surface area contributed by atoms with Crippen molar-refractivity contribution in [3.8, 4) is 69.6 Å². The number of para-hydroxylation sites is 4.